The Bertz CT molecular complexity index is 162. The van der Waals surface area contributed by atoms with Gasteiger partial charge in [0.25, 0.3) is 0 Å². The average molecular weight is 205 g/mol. The number of hydrogen-bond donors (Lipinski definition) is 0. The van der Waals surface area contributed by atoms with Crippen LogP contribution in [0.25, 0.3) is 0 Å². The maximum Gasteiger partial charge on any atom is 0.323 e. The Hall–Kier alpha value is -0.240. The molecule has 0 radical (unpaired) electrons. The van der Waals surface area contributed by atoms with E-state index < -0.39 is 5.38 Å². The highest BCUT2D eigenvalue weighted by molar-refractivity contribution is 6.29. The molecule has 0 aromatic carbocycles. The summed E-state index contributed by atoms with van der Waals surface area (Å²) < 4.78 is 5.07. The van der Waals surface area contributed by atoms with Gasteiger partial charge in [-0.25, -0.2) is 0 Å². The lowest BCUT2D eigenvalue weighted by atomic mass is 9.90. The van der Waals surface area contributed by atoms with Crippen LogP contribution in [0.5, 0.6) is 0 Å². The number of rotatable bonds is 3. The molecule has 1 rings (SSSR count). The van der Waals surface area contributed by atoms with Crippen molar-refractivity contribution in [2.45, 2.75) is 44.4 Å². The predicted molar refractivity (Wildman–Crippen MR) is 52.8 cm³/mol. The van der Waals surface area contributed by atoms with Gasteiger partial charge in [-0.2, -0.15) is 0 Å². The lowest BCUT2D eigenvalue weighted by Crippen LogP contribution is -2.20. The normalized spacial score (nSPS) is 21.1. The van der Waals surface area contributed by atoms with E-state index in [1.165, 1.54) is 32.1 Å². The van der Waals surface area contributed by atoms with Crippen LogP contribution >= 0.6 is 11.6 Å². The Morgan fingerprint density at radius 3 is 2.62 bits per heavy atom. The van der Waals surface area contributed by atoms with Gasteiger partial charge in [-0.05, 0) is 25.7 Å². The number of alkyl halides is 1. The summed E-state index contributed by atoms with van der Waals surface area (Å²) in [6.45, 7) is 2.21. The molecule has 2 nitrogen and oxygen atoms in total. The summed E-state index contributed by atoms with van der Waals surface area (Å²) in [5.41, 5.74) is 0. The van der Waals surface area contributed by atoms with E-state index in [4.69, 9.17) is 16.3 Å². The fourth-order valence-corrected chi connectivity index (χ4v) is 1.73. The molecule has 13 heavy (non-hydrogen) atoms. The molecule has 1 aliphatic carbocycles. The fraction of sp³-hybridized carbons (Fsp3) is 0.900. The van der Waals surface area contributed by atoms with Gasteiger partial charge < -0.3 is 4.74 Å². The van der Waals surface area contributed by atoms with Crippen LogP contribution < -0.4 is 0 Å². The third-order valence-corrected chi connectivity index (χ3v) is 2.69. The lowest BCUT2D eigenvalue weighted by molar-refractivity contribution is -0.144. The zero-order valence-corrected chi connectivity index (χ0v) is 8.85. The summed E-state index contributed by atoms with van der Waals surface area (Å²) >= 11 is 5.57. The van der Waals surface area contributed by atoms with E-state index in [1.807, 2.05) is 0 Å². The quantitative estimate of drug-likeness (QED) is 0.522. The molecule has 0 amide bonds. The Morgan fingerprint density at radius 1 is 1.46 bits per heavy atom. The van der Waals surface area contributed by atoms with Gasteiger partial charge >= 0.3 is 5.97 Å². The Labute approximate surface area is 84.6 Å². The summed E-state index contributed by atoms with van der Waals surface area (Å²) in [5, 5.41) is -0.511. The number of ether oxygens (including phenoxy) is 1. The van der Waals surface area contributed by atoms with Crippen LogP contribution in [0.2, 0.25) is 0 Å². The molecule has 0 aromatic heterocycles. The zero-order chi connectivity index (χ0) is 9.68. The molecule has 0 aromatic rings. The van der Waals surface area contributed by atoms with Crippen LogP contribution in [0.3, 0.4) is 0 Å². The average Bonchev–Trinajstić information content (AvgIpc) is 2.15. The summed E-state index contributed by atoms with van der Waals surface area (Å²) in [6.07, 6.45) is 6.28. The van der Waals surface area contributed by atoms with Crippen LogP contribution in [-0.2, 0) is 9.53 Å². The van der Waals surface area contributed by atoms with Crippen molar-refractivity contribution in [3.8, 4) is 0 Å². The molecule has 76 valence electrons. The largest absolute Gasteiger partial charge is 0.464 e. The molecule has 0 heterocycles. The van der Waals surface area contributed by atoms with E-state index in [-0.39, 0.29) is 5.97 Å². The summed E-state index contributed by atoms with van der Waals surface area (Å²) in [5.74, 6) is 0.292. The van der Waals surface area contributed by atoms with E-state index in [0.717, 1.165) is 0 Å². The second-order valence-electron chi connectivity index (χ2n) is 3.75. The Balaban J connectivity index is 2.13. The molecule has 3 heteroatoms. The molecule has 0 aliphatic heterocycles. The standard InChI is InChI=1S/C10H17ClO2/c1-8(11)10(12)13-7-9-5-3-2-4-6-9/h8-9H,2-7H2,1H3/t8-/m0/s1. The van der Waals surface area contributed by atoms with Gasteiger partial charge in [0.05, 0.1) is 6.61 Å². The highest BCUT2D eigenvalue weighted by atomic mass is 35.5. The number of halogens is 1. The first-order chi connectivity index (χ1) is 6.20. The second kappa shape index (κ2) is 5.48. The number of carbonyl (C=O) groups excluding carboxylic acids is 1. The summed E-state index contributed by atoms with van der Waals surface area (Å²) in [4.78, 5) is 11.0. The SMILES string of the molecule is C[C@H](Cl)C(=O)OCC1CCCCC1. The second-order valence-corrected chi connectivity index (χ2v) is 4.40. The van der Waals surface area contributed by atoms with Crippen LogP contribution in [-0.4, -0.2) is 18.0 Å². The fourth-order valence-electron chi connectivity index (χ4n) is 1.67. The summed E-state index contributed by atoms with van der Waals surface area (Å²) in [6, 6.07) is 0. The van der Waals surface area contributed by atoms with Crippen molar-refractivity contribution in [3.63, 3.8) is 0 Å². The van der Waals surface area contributed by atoms with Crippen molar-refractivity contribution in [1.82, 2.24) is 0 Å². The van der Waals surface area contributed by atoms with Gasteiger partial charge in [0.1, 0.15) is 5.38 Å². The van der Waals surface area contributed by atoms with Crippen LogP contribution in [0.15, 0.2) is 0 Å². The maximum absolute atomic E-state index is 11.0. The van der Waals surface area contributed by atoms with Gasteiger partial charge in [-0.15, -0.1) is 11.6 Å². The van der Waals surface area contributed by atoms with Crippen molar-refractivity contribution in [3.05, 3.63) is 0 Å². The van der Waals surface area contributed by atoms with Crippen molar-refractivity contribution < 1.29 is 9.53 Å². The molecular formula is C10H17ClO2. The Kier molecular flexibility index (Phi) is 4.57. The van der Waals surface area contributed by atoms with Crippen molar-refractivity contribution in [2.24, 2.45) is 5.92 Å². The van der Waals surface area contributed by atoms with Crippen LogP contribution in [0.1, 0.15) is 39.0 Å². The molecule has 0 spiro atoms. The van der Waals surface area contributed by atoms with Gasteiger partial charge in [0.15, 0.2) is 0 Å². The summed E-state index contributed by atoms with van der Waals surface area (Å²) in [7, 11) is 0. The number of carbonyl (C=O) groups is 1. The van der Waals surface area contributed by atoms with E-state index in [0.29, 0.717) is 12.5 Å². The molecular weight excluding hydrogens is 188 g/mol. The van der Waals surface area contributed by atoms with Gasteiger partial charge in [-0.1, -0.05) is 19.3 Å². The molecule has 0 bridgehead atoms. The first kappa shape index (κ1) is 10.8. The topological polar surface area (TPSA) is 26.3 Å². The predicted octanol–water partition coefficient (Wildman–Crippen LogP) is 2.74. The van der Waals surface area contributed by atoms with Crippen LogP contribution in [0, 0.1) is 5.92 Å². The number of esters is 1. The van der Waals surface area contributed by atoms with Crippen molar-refractivity contribution in [1.29, 1.82) is 0 Å². The van der Waals surface area contributed by atoms with Gasteiger partial charge in [0, 0.05) is 0 Å². The minimum Gasteiger partial charge on any atom is -0.464 e. The van der Waals surface area contributed by atoms with E-state index >= 15 is 0 Å². The zero-order valence-electron chi connectivity index (χ0n) is 8.09. The van der Waals surface area contributed by atoms with Gasteiger partial charge in [-0.3, -0.25) is 4.79 Å². The first-order valence-electron chi connectivity index (χ1n) is 5.01. The molecule has 0 saturated heterocycles. The van der Waals surface area contributed by atoms with Gasteiger partial charge in [0.2, 0.25) is 0 Å². The maximum atomic E-state index is 11.0. The highest BCUT2D eigenvalue weighted by Gasteiger charge is 2.17. The minimum absolute atomic E-state index is 0.285. The number of hydrogen-bond acceptors (Lipinski definition) is 2. The lowest BCUT2D eigenvalue weighted by Gasteiger charge is -2.21. The third kappa shape index (κ3) is 3.99. The monoisotopic (exact) mass is 204 g/mol. The molecule has 1 atom stereocenters. The highest BCUT2D eigenvalue weighted by Crippen LogP contribution is 2.23. The van der Waals surface area contributed by atoms with Crippen molar-refractivity contribution in [2.75, 3.05) is 6.61 Å². The molecule has 0 unspecified atom stereocenters. The van der Waals surface area contributed by atoms with E-state index in [9.17, 15) is 4.79 Å². The van der Waals surface area contributed by atoms with E-state index in [2.05, 4.69) is 0 Å². The van der Waals surface area contributed by atoms with E-state index in [1.54, 1.807) is 6.92 Å². The third-order valence-electron chi connectivity index (χ3n) is 2.51. The molecule has 1 aliphatic rings. The smallest absolute Gasteiger partial charge is 0.323 e. The first-order valence-corrected chi connectivity index (χ1v) is 5.44. The minimum atomic E-state index is -0.511. The molecule has 0 N–H and O–H groups in total. The van der Waals surface area contributed by atoms with Crippen molar-refractivity contribution >= 4 is 17.6 Å². The van der Waals surface area contributed by atoms with Crippen LogP contribution in [0.4, 0.5) is 0 Å². The molecule has 1 fully saturated rings. The molecule has 1 saturated carbocycles. The Morgan fingerprint density at radius 2 is 2.08 bits per heavy atom.